The molecule has 1 saturated heterocycles. The second-order valence-electron chi connectivity index (χ2n) is 4.47. The van der Waals surface area contributed by atoms with Crippen molar-refractivity contribution in [3.8, 4) is 0 Å². The first kappa shape index (κ1) is 13.0. The summed E-state index contributed by atoms with van der Waals surface area (Å²) in [5, 5.41) is 6.95. The average Bonchev–Trinajstić information content (AvgIpc) is 2.82. The molecule has 100 valence electrons. The van der Waals surface area contributed by atoms with Crippen molar-refractivity contribution in [3.63, 3.8) is 0 Å². The van der Waals surface area contributed by atoms with Gasteiger partial charge in [0.15, 0.2) is 5.76 Å². The molecule has 1 fully saturated rings. The van der Waals surface area contributed by atoms with Gasteiger partial charge in [0, 0.05) is 19.2 Å². The quantitative estimate of drug-likeness (QED) is 0.837. The number of aromatic nitrogens is 1. The zero-order valence-electron chi connectivity index (χ0n) is 10.8. The lowest BCUT2D eigenvalue weighted by molar-refractivity contribution is -0.137. The minimum Gasteiger partial charge on any atom is -0.378 e. The van der Waals surface area contributed by atoms with E-state index in [9.17, 15) is 4.79 Å². The van der Waals surface area contributed by atoms with Gasteiger partial charge in [0.25, 0.3) is 0 Å². The molecule has 0 aliphatic carbocycles. The molecule has 6 heteroatoms. The highest BCUT2D eigenvalue weighted by Crippen LogP contribution is 2.04. The van der Waals surface area contributed by atoms with Crippen LogP contribution in [0.5, 0.6) is 0 Å². The van der Waals surface area contributed by atoms with Gasteiger partial charge in [-0.3, -0.25) is 10.1 Å². The van der Waals surface area contributed by atoms with E-state index in [1.54, 1.807) is 0 Å². The van der Waals surface area contributed by atoms with E-state index >= 15 is 0 Å². The summed E-state index contributed by atoms with van der Waals surface area (Å²) in [5.74, 6) is 0.851. The lowest BCUT2D eigenvalue weighted by Crippen LogP contribution is -2.49. The second kappa shape index (κ2) is 5.97. The molecule has 18 heavy (non-hydrogen) atoms. The molecule has 2 rings (SSSR count). The Balaban J connectivity index is 1.79. The summed E-state index contributed by atoms with van der Waals surface area (Å²) in [4.78, 5) is 13.9. The SMILES string of the molecule is Cc1cc(CNC(C)C(=O)N2CCOCC2)on1. The molecule has 1 aliphatic heterocycles. The van der Waals surface area contributed by atoms with Gasteiger partial charge >= 0.3 is 0 Å². The summed E-state index contributed by atoms with van der Waals surface area (Å²) in [5.41, 5.74) is 0.846. The number of morpholine rings is 1. The molecule has 1 aliphatic rings. The molecular formula is C12H19N3O3. The summed E-state index contributed by atoms with van der Waals surface area (Å²) >= 11 is 0. The van der Waals surface area contributed by atoms with Crippen LogP contribution in [0.4, 0.5) is 0 Å². The van der Waals surface area contributed by atoms with Gasteiger partial charge in [0.2, 0.25) is 5.91 Å². The highest BCUT2D eigenvalue weighted by Gasteiger charge is 2.22. The molecular weight excluding hydrogens is 234 g/mol. The van der Waals surface area contributed by atoms with Crippen molar-refractivity contribution in [3.05, 3.63) is 17.5 Å². The number of nitrogens with one attached hydrogen (secondary N) is 1. The van der Waals surface area contributed by atoms with Gasteiger partial charge in [-0.25, -0.2) is 0 Å². The van der Waals surface area contributed by atoms with Gasteiger partial charge in [-0.05, 0) is 13.8 Å². The first-order chi connectivity index (χ1) is 8.66. The largest absolute Gasteiger partial charge is 0.378 e. The monoisotopic (exact) mass is 253 g/mol. The van der Waals surface area contributed by atoms with Gasteiger partial charge in [0.05, 0.1) is 31.5 Å². The molecule has 0 radical (unpaired) electrons. The lowest BCUT2D eigenvalue weighted by Gasteiger charge is -2.29. The van der Waals surface area contributed by atoms with Crippen molar-refractivity contribution in [2.24, 2.45) is 0 Å². The Kier molecular flexibility index (Phi) is 4.33. The van der Waals surface area contributed by atoms with Crippen LogP contribution >= 0.6 is 0 Å². The number of ether oxygens (including phenoxy) is 1. The smallest absolute Gasteiger partial charge is 0.239 e. The Hall–Kier alpha value is -1.40. The maximum absolute atomic E-state index is 12.1. The fraction of sp³-hybridized carbons (Fsp3) is 0.667. The van der Waals surface area contributed by atoms with Crippen LogP contribution in [-0.2, 0) is 16.1 Å². The first-order valence-electron chi connectivity index (χ1n) is 6.19. The summed E-state index contributed by atoms with van der Waals surface area (Å²) in [6.45, 7) is 6.84. The normalized spacial score (nSPS) is 17.8. The lowest BCUT2D eigenvalue weighted by atomic mass is 10.2. The van der Waals surface area contributed by atoms with Gasteiger partial charge < -0.3 is 14.2 Å². The topological polar surface area (TPSA) is 67.6 Å². The number of hydrogen-bond acceptors (Lipinski definition) is 5. The predicted octanol–water partition coefficient (Wildman–Crippen LogP) is 0.320. The second-order valence-corrected chi connectivity index (χ2v) is 4.47. The molecule has 1 N–H and O–H groups in total. The van der Waals surface area contributed by atoms with Crippen LogP contribution in [0.3, 0.4) is 0 Å². The number of carbonyl (C=O) groups excluding carboxylic acids is 1. The summed E-state index contributed by atoms with van der Waals surface area (Å²) < 4.78 is 10.3. The standard InChI is InChI=1S/C12H19N3O3/c1-9-7-11(18-14-9)8-13-10(2)12(16)15-3-5-17-6-4-15/h7,10,13H,3-6,8H2,1-2H3. The van der Waals surface area contributed by atoms with E-state index in [1.165, 1.54) is 0 Å². The van der Waals surface area contributed by atoms with E-state index in [0.717, 1.165) is 11.5 Å². The van der Waals surface area contributed by atoms with Crippen molar-refractivity contribution < 1.29 is 14.1 Å². The van der Waals surface area contributed by atoms with E-state index in [1.807, 2.05) is 24.8 Å². The van der Waals surface area contributed by atoms with E-state index in [-0.39, 0.29) is 11.9 Å². The maximum Gasteiger partial charge on any atom is 0.239 e. The Morgan fingerprint density at radius 2 is 2.28 bits per heavy atom. The zero-order chi connectivity index (χ0) is 13.0. The molecule has 0 spiro atoms. The Bertz CT molecular complexity index is 399. The maximum atomic E-state index is 12.1. The minimum absolute atomic E-state index is 0.106. The molecule has 0 saturated carbocycles. The third kappa shape index (κ3) is 3.30. The summed E-state index contributed by atoms with van der Waals surface area (Å²) in [6.07, 6.45) is 0. The first-order valence-corrected chi connectivity index (χ1v) is 6.19. The van der Waals surface area contributed by atoms with Gasteiger partial charge in [-0.2, -0.15) is 0 Å². The van der Waals surface area contributed by atoms with Crippen molar-refractivity contribution in [2.45, 2.75) is 26.4 Å². The Morgan fingerprint density at radius 1 is 1.56 bits per heavy atom. The molecule has 1 aromatic heterocycles. The number of carbonyl (C=O) groups is 1. The Labute approximate surface area is 106 Å². The van der Waals surface area contributed by atoms with Crippen molar-refractivity contribution in [2.75, 3.05) is 26.3 Å². The van der Waals surface area contributed by atoms with Crippen LogP contribution in [0.1, 0.15) is 18.4 Å². The minimum atomic E-state index is -0.228. The van der Waals surface area contributed by atoms with Crippen LogP contribution in [-0.4, -0.2) is 48.3 Å². The fourth-order valence-corrected chi connectivity index (χ4v) is 1.90. The van der Waals surface area contributed by atoms with Crippen LogP contribution in [0.2, 0.25) is 0 Å². The highest BCUT2D eigenvalue weighted by molar-refractivity contribution is 5.81. The molecule has 1 amide bonds. The molecule has 6 nitrogen and oxygen atoms in total. The third-order valence-corrected chi connectivity index (χ3v) is 2.95. The van der Waals surface area contributed by atoms with Crippen LogP contribution < -0.4 is 5.32 Å². The number of aryl methyl sites for hydroxylation is 1. The van der Waals surface area contributed by atoms with E-state index < -0.39 is 0 Å². The third-order valence-electron chi connectivity index (χ3n) is 2.95. The predicted molar refractivity (Wildman–Crippen MR) is 64.9 cm³/mol. The highest BCUT2D eigenvalue weighted by atomic mass is 16.5. The number of rotatable bonds is 4. The fourth-order valence-electron chi connectivity index (χ4n) is 1.90. The van der Waals surface area contributed by atoms with Gasteiger partial charge in [-0.15, -0.1) is 0 Å². The average molecular weight is 253 g/mol. The zero-order valence-corrected chi connectivity index (χ0v) is 10.8. The van der Waals surface area contributed by atoms with Crippen molar-refractivity contribution in [1.29, 1.82) is 0 Å². The van der Waals surface area contributed by atoms with E-state index in [2.05, 4.69) is 10.5 Å². The molecule has 0 bridgehead atoms. The van der Waals surface area contributed by atoms with Crippen LogP contribution in [0.25, 0.3) is 0 Å². The number of amides is 1. The summed E-state index contributed by atoms with van der Waals surface area (Å²) in [6, 6.07) is 1.63. The van der Waals surface area contributed by atoms with Crippen LogP contribution in [0, 0.1) is 6.92 Å². The Morgan fingerprint density at radius 3 is 2.89 bits per heavy atom. The van der Waals surface area contributed by atoms with Crippen molar-refractivity contribution >= 4 is 5.91 Å². The summed E-state index contributed by atoms with van der Waals surface area (Å²) in [7, 11) is 0. The number of hydrogen-bond donors (Lipinski definition) is 1. The van der Waals surface area contributed by atoms with Crippen molar-refractivity contribution in [1.82, 2.24) is 15.4 Å². The van der Waals surface area contributed by atoms with Crippen LogP contribution in [0.15, 0.2) is 10.6 Å². The molecule has 2 heterocycles. The van der Waals surface area contributed by atoms with E-state index in [4.69, 9.17) is 9.26 Å². The molecule has 1 atom stereocenters. The molecule has 1 aromatic rings. The number of nitrogens with zero attached hydrogens (tertiary/aromatic N) is 2. The molecule has 1 unspecified atom stereocenters. The molecule has 0 aromatic carbocycles. The van der Waals surface area contributed by atoms with E-state index in [0.29, 0.717) is 32.8 Å². The van der Waals surface area contributed by atoms with Gasteiger partial charge in [0.1, 0.15) is 0 Å². The van der Waals surface area contributed by atoms with Gasteiger partial charge in [-0.1, -0.05) is 5.16 Å².